The number of nitrogens with one attached hydrogen (secondary N) is 1. The van der Waals surface area contributed by atoms with E-state index >= 15 is 0 Å². The van der Waals surface area contributed by atoms with Gasteiger partial charge in [-0.05, 0) is 31.6 Å². The molecule has 1 fully saturated rings. The van der Waals surface area contributed by atoms with E-state index in [2.05, 4.69) is 27.1 Å². The Hall–Kier alpha value is -0.790. The first kappa shape index (κ1) is 25.5. The topological polar surface area (TPSA) is 74.5 Å². The number of hydrogen-bond acceptors (Lipinski definition) is 5. The molecule has 6 nitrogen and oxygen atoms in total. The maximum absolute atomic E-state index is 11.5. The maximum Gasteiger partial charge on any atom is 0.220 e. The number of aromatic nitrogens is 1. The molecule has 0 spiro atoms. The summed E-state index contributed by atoms with van der Waals surface area (Å²) in [4.78, 5) is 20.6. The summed E-state index contributed by atoms with van der Waals surface area (Å²) in [5.41, 5.74) is 6.40. The Morgan fingerprint density at radius 1 is 1.21 bits per heavy atom. The number of carbonyl (C=O) groups is 1. The van der Waals surface area contributed by atoms with Crippen LogP contribution in [0.1, 0.15) is 18.4 Å². The number of rotatable bonds is 6. The van der Waals surface area contributed by atoms with Crippen molar-refractivity contribution in [2.75, 3.05) is 44.7 Å². The van der Waals surface area contributed by atoms with Gasteiger partial charge in [-0.3, -0.25) is 4.79 Å². The molecule has 0 saturated carbocycles. The Morgan fingerprint density at radius 2 is 1.88 bits per heavy atom. The van der Waals surface area contributed by atoms with Crippen LogP contribution in [-0.2, 0) is 11.3 Å². The lowest BCUT2D eigenvalue weighted by atomic mass is 10.2. The Bertz CT molecular complexity index is 453. The molecule has 24 heavy (non-hydrogen) atoms. The van der Waals surface area contributed by atoms with Crippen molar-refractivity contribution in [2.45, 2.75) is 19.4 Å². The zero-order chi connectivity index (χ0) is 15.1. The molecule has 1 amide bonds. The molecule has 9 heteroatoms. The van der Waals surface area contributed by atoms with Crippen LogP contribution in [0.5, 0.6) is 0 Å². The van der Waals surface area contributed by atoms with E-state index in [1.165, 1.54) is 0 Å². The van der Waals surface area contributed by atoms with Crippen molar-refractivity contribution in [3.05, 3.63) is 23.9 Å². The molecule has 2 rings (SSSR count). The van der Waals surface area contributed by atoms with Gasteiger partial charge in [0.2, 0.25) is 5.91 Å². The van der Waals surface area contributed by atoms with Crippen LogP contribution in [0.25, 0.3) is 0 Å². The van der Waals surface area contributed by atoms with E-state index in [-0.39, 0.29) is 43.1 Å². The summed E-state index contributed by atoms with van der Waals surface area (Å²) in [7, 11) is 2.14. The van der Waals surface area contributed by atoms with Crippen molar-refractivity contribution in [3.8, 4) is 0 Å². The minimum absolute atomic E-state index is 0. The Labute approximate surface area is 162 Å². The zero-order valence-electron chi connectivity index (χ0n) is 13.9. The number of halogens is 3. The third-order valence-electron chi connectivity index (χ3n) is 3.73. The minimum Gasteiger partial charge on any atom is -0.354 e. The van der Waals surface area contributed by atoms with E-state index in [0.29, 0.717) is 19.5 Å². The van der Waals surface area contributed by atoms with Gasteiger partial charge in [-0.25, -0.2) is 4.98 Å². The molecule has 1 saturated heterocycles. The van der Waals surface area contributed by atoms with Crippen molar-refractivity contribution in [1.82, 2.24) is 15.2 Å². The van der Waals surface area contributed by atoms with Gasteiger partial charge in [-0.2, -0.15) is 0 Å². The number of carbonyl (C=O) groups excluding carboxylic acids is 1. The van der Waals surface area contributed by atoms with E-state index in [0.717, 1.165) is 44.0 Å². The van der Waals surface area contributed by atoms with Crippen molar-refractivity contribution < 1.29 is 4.79 Å². The SMILES string of the molecule is CN1CCN(c2ccc(CNC(=O)CCCN)cn2)CC1.Cl.Cl.Cl. The first-order valence-electron chi connectivity index (χ1n) is 7.54. The van der Waals surface area contributed by atoms with Crippen LogP contribution in [0.15, 0.2) is 18.3 Å². The maximum atomic E-state index is 11.5. The molecule has 1 aliphatic heterocycles. The van der Waals surface area contributed by atoms with Crippen LogP contribution in [-0.4, -0.2) is 55.6 Å². The number of anilines is 1. The van der Waals surface area contributed by atoms with Crippen molar-refractivity contribution in [2.24, 2.45) is 5.73 Å². The summed E-state index contributed by atoms with van der Waals surface area (Å²) < 4.78 is 0. The lowest BCUT2D eigenvalue weighted by molar-refractivity contribution is -0.121. The fourth-order valence-corrected chi connectivity index (χ4v) is 2.30. The highest BCUT2D eigenvalue weighted by molar-refractivity contribution is 5.86. The molecular formula is C15H28Cl3N5O. The average Bonchev–Trinajstić information content (AvgIpc) is 2.52. The van der Waals surface area contributed by atoms with Gasteiger partial charge in [0.1, 0.15) is 5.82 Å². The van der Waals surface area contributed by atoms with E-state index in [1.807, 2.05) is 18.3 Å². The second-order valence-corrected chi connectivity index (χ2v) is 5.48. The number of pyridine rings is 1. The second-order valence-electron chi connectivity index (χ2n) is 5.48. The molecule has 140 valence electrons. The fourth-order valence-electron chi connectivity index (χ4n) is 2.30. The minimum atomic E-state index is 0. The largest absolute Gasteiger partial charge is 0.354 e. The smallest absolute Gasteiger partial charge is 0.220 e. The van der Waals surface area contributed by atoms with E-state index < -0.39 is 0 Å². The molecule has 3 N–H and O–H groups in total. The van der Waals surface area contributed by atoms with Gasteiger partial charge in [0, 0.05) is 45.3 Å². The van der Waals surface area contributed by atoms with Gasteiger partial charge in [0.15, 0.2) is 0 Å². The molecule has 0 bridgehead atoms. The highest BCUT2D eigenvalue weighted by Gasteiger charge is 2.14. The van der Waals surface area contributed by atoms with E-state index in [4.69, 9.17) is 5.73 Å². The summed E-state index contributed by atoms with van der Waals surface area (Å²) in [6.07, 6.45) is 3.06. The van der Waals surface area contributed by atoms with Gasteiger partial charge in [0.05, 0.1) is 0 Å². The summed E-state index contributed by atoms with van der Waals surface area (Å²) in [6, 6.07) is 4.07. The molecule has 2 heterocycles. The summed E-state index contributed by atoms with van der Waals surface area (Å²) >= 11 is 0. The van der Waals surface area contributed by atoms with Gasteiger partial charge in [-0.1, -0.05) is 6.07 Å². The van der Waals surface area contributed by atoms with Crippen LogP contribution in [0, 0.1) is 0 Å². The van der Waals surface area contributed by atoms with Crippen LogP contribution in [0.4, 0.5) is 5.82 Å². The number of amides is 1. The van der Waals surface area contributed by atoms with Crippen molar-refractivity contribution in [3.63, 3.8) is 0 Å². The number of hydrogen-bond donors (Lipinski definition) is 2. The Morgan fingerprint density at radius 3 is 2.42 bits per heavy atom. The van der Waals surface area contributed by atoms with E-state index in [1.54, 1.807) is 0 Å². The third-order valence-corrected chi connectivity index (χ3v) is 3.73. The lowest BCUT2D eigenvalue weighted by Crippen LogP contribution is -2.44. The predicted molar refractivity (Wildman–Crippen MR) is 106 cm³/mol. The second kappa shape index (κ2) is 13.5. The molecule has 1 aromatic heterocycles. The molecule has 1 aromatic rings. The Kier molecular flexibility index (Phi) is 14.3. The van der Waals surface area contributed by atoms with Gasteiger partial charge in [0.25, 0.3) is 0 Å². The summed E-state index contributed by atoms with van der Waals surface area (Å²) in [6.45, 7) is 5.24. The monoisotopic (exact) mass is 399 g/mol. The lowest BCUT2D eigenvalue weighted by Gasteiger charge is -2.33. The first-order valence-corrected chi connectivity index (χ1v) is 7.54. The van der Waals surface area contributed by atoms with Crippen LogP contribution >= 0.6 is 37.2 Å². The summed E-state index contributed by atoms with van der Waals surface area (Å²) in [5.74, 6) is 1.06. The standard InChI is InChI=1S/C15H25N5O.3ClH/c1-19-7-9-20(10-8-19)14-5-4-13(11-17-14)12-18-15(21)3-2-6-16;;;/h4-5,11H,2-3,6-10,12,16H2,1H3,(H,18,21);3*1H. The van der Waals surface area contributed by atoms with Gasteiger partial charge < -0.3 is 20.9 Å². The van der Waals surface area contributed by atoms with Crippen LogP contribution in [0.3, 0.4) is 0 Å². The molecule has 0 atom stereocenters. The van der Waals surface area contributed by atoms with Gasteiger partial charge in [-0.15, -0.1) is 37.2 Å². The number of nitrogens with zero attached hydrogens (tertiary/aromatic N) is 3. The predicted octanol–water partition coefficient (Wildman–Crippen LogP) is 1.45. The highest BCUT2D eigenvalue weighted by Crippen LogP contribution is 2.13. The quantitative estimate of drug-likeness (QED) is 0.756. The number of likely N-dealkylation sites (N-methyl/N-ethyl adjacent to an activating group) is 1. The molecule has 0 aromatic carbocycles. The number of piperazine rings is 1. The number of nitrogens with two attached hydrogens (primary N) is 1. The van der Waals surface area contributed by atoms with Crippen molar-refractivity contribution >= 4 is 48.9 Å². The normalized spacial score (nSPS) is 14.0. The van der Waals surface area contributed by atoms with Crippen LogP contribution in [0.2, 0.25) is 0 Å². The van der Waals surface area contributed by atoms with E-state index in [9.17, 15) is 4.79 Å². The zero-order valence-corrected chi connectivity index (χ0v) is 16.4. The fraction of sp³-hybridized carbons (Fsp3) is 0.600. The molecule has 0 aliphatic carbocycles. The molecular weight excluding hydrogens is 373 g/mol. The van der Waals surface area contributed by atoms with Gasteiger partial charge >= 0.3 is 0 Å². The van der Waals surface area contributed by atoms with Crippen molar-refractivity contribution in [1.29, 1.82) is 0 Å². The summed E-state index contributed by atoms with van der Waals surface area (Å²) in [5, 5.41) is 2.88. The highest BCUT2D eigenvalue weighted by atomic mass is 35.5. The molecule has 0 radical (unpaired) electrons. The average molecular weight is 401 g/mol. The molecule has 1 aliphatic rings. The van der Waals surface area contributed by atoms with Crippen LogP contribution < -0.4 is 16.0 Å². The first-order chi connectivity index (χ1) is 10.2. The third kappa shape index (κ3) is 8.35. The Balaban J connectivity index is 0. The molecule has 0 unspecified atom stereocenters.